The summed E-state index contributed by atoms with van der Waals surface area (Å²) in [6.45, 7) is -0.523. The quantitative estimate of drug-likeness (QED) is 0.480. The second-order valence-electron chi connectivity index (χ2n) is 6.28. The molecule has 1 saturated heterocycles. The van der Waals surface area contributed by atoms with E-state index in [1.54, 1.807) is 48.5 Å². The van der Waals surface area contributed by atoms with Gasteiger partial charge in [0.2, 0.25) is 12.2 Å². The molecule has 27 heavy (non-hydrogen) atoms. The molecule has 0 radical (unpaired) electrons. The van der Waals surface area contributed by atoms with Gasteiger partial charge in [-0.3, -0.25) is 4.79 Å². The summed E-state index contributed by atoms with van der Waals surface area (Å²) in [6.07, 6.45) is -6.67. The molecule has 1 heterocycles. The van der Waals surface area contributed by atoms with E-state index in [2.05, 4.69) is 0 Å². The second kappa shape index (κ2) is 8.03. The maximum Gasteiger partial charge on any atom is 0.248 e. The Hall–Kier alpha value is -2.49. The number of benzene rings is 2. The topological polar surface area (TPSA) is 142 Å². The largest absolute Gasteiger partial charge is 0.462 e. The molecule has 0 unspecified atom stereocenters. The highest BCUT2D eigenvalue weighted by molar-refractivity contribution is 5.93. The first-order chi connectivity index (χ1) is 12.9. The van der Waals surface area contributed by atoms with E-state index in [1.807, 2.05) is 0 Å². The van der Waals surface area contributed by atoms with Gasteiger partial charge >= 0.3 is 0 Å². The SMILES string of the molecule is NC(=O)c1ccc(-c2ccc(O[C@H]3O[C@H](CO)[C@@H](O)[C@H](O)[C@@H]3O)cc2)cc1. The molecular weight excluding hydrogens is 354 g/mol. The van der Waals surface area contributed by atoms with E-state index >= 15 is 0 Å². The number of amides is 1. The number of hydrogen-bond donors (Lipinski definition) is 5. The number of primary amides is 1. The average Bonchev–Trinajstić information content (AvgIpc) is 2.69. The molecule has 2 aromatic rings. The van der Waals surface area contributed by atoms with Crippen LogP contribution in [0.2, 0.25) is 0 Å². The van der Waals surface area contributed by atoms with Crippen LogP contribution in [0.4, 0.5) is 0 Å². The number of hydrogen-bond acceptors (Lipinski definition) is 7. The molecule has 0 saturated carbocycles. The van der Waals surface area contributed by atoms with E-state index in [4.69, 9.17) is 15.2 Å². The van der Waals surface area contributed by atoms with Crippen molar-refractivity contribution in [2.75, 3.05) is 6.61 Å². The van der Waals surface area contributed by atoms with Gasteiger partial charge in [-0.25, -0.2) is 0 Å². The fraction of sp³-hybridized carbons (Fsp3) is 0.316. The molecule has 144 valence electrons. The van der Waals surface area contributed by atoms with E-state index in [0.717, 1.165) is 11.1 Å². The van der Waals surface area contributed by atoms with Crippen LogP contribution in [0.25, 0.3) is 11.1 Å². The van der Waals surface area contributed by atoms with E-state index in [0.29, 0.717) is 11.3 Å². The maximum absolute atomic E-state index is 11.1. The number of aliphatic hydroxyl groups excluding tert-OH is 4. The molecule has 0 aromatic heterocycles. The summed E-state index contributed by atoms with van der Waals surface area (Å²) >= 11 is 0. The van der Waals surface area contributed by atoms with E-state index in [1.165, 1.54) is 0 Å². The van der Waals surface area contributed by atoms with Crippen molar-refractivity contribution in [2.45, 2.75) is 30.7 Å². The highest BCUT2D eigenvalue weighted by Gasteiger charge is 2.44. The predicted molar refractivity (Wildman–Crippen MR) is 94.8 cm³/mol. The third-order valence-corrected chi connectivity index (χ3v) is 4.46. The molecule has 1 fully saturated rings. The smallest absolute Gasteiger partial charge is 0.248 e. The Balaban J connectivity index is 1.71. The van der Waals surface area contributed by atoms with Crippen molar-refractivity contribution in [3.63, 3.8) is 0 Å². The molecule has 1 aliphatic heterocycles. The number of carbonyl (C=O) groups excluding carboxylic acids is 1. The first kappa shape index (κ1) is 19.3. The first-order valence-corrected chi connectivity index (χ1v) is 8.38. The molecule has 0 bridgehead atoms. The number of rotatable bonds is 5. The van der Waals surface area contributed by atoms with Gasteiger partial charge in [0.25, 0.3) is 0 Å². The van der Waals surface area contributed by atoms with Crippen LogP contribution in [-0.4, -0.2) is 63.6 Å². The van der Waals surface area contributed by atoms with E-state index < -0.39 is 43.2 Å². The van der Waals surface area contributed by atoms with Crippen LogP contribution in [0.5, 0.6) is 5.75 Å². The Kier molecular flexibility index (Phi) is 5.73. The van der Waals surface area contributed by atoms with Gasteiger partial charge in [0.15, 0.2) is 0 Å². The highest BCUT2D eigenvalue weighted by atomic mass is 16.7. The summed E-state index contributed by atoms with van der Waals surface area (Å²) in [6, 6.07) is 13.7. The molecular formula is C19H21NO7. The van der Waals surface area contributed by atoms with Crippen LogP contribution in [-0.2, 0) is 4.74 Å². The van der Waals surface area contributed by atoms with Gasteiger partial charge in [0.05, 0.1) is 6.61 Å². The van der Waals surface area contributed by atoms with Crippen LogP contribution in [0.3, 0.4) is 0 Å². The molecule has 0 aliphatic carbocycles. The Labute approximate surface area is 155 Å². The maximum atomic E-state index is 11.1. The Bertz CT molecular complexity index is 776. The van der Waals surface area contributed by atoms with Crippen LogP contribution in [0.15, 0.2) is 48.5 Å². The zero-order chi connectivity index (χ0) is 19.6. The second-order valence-corrected chi connectivity index (χ2v) is 6.28. The molecule has 8 nitrogen and oxygen atoms in total. The van der Waals surface area contributed by atoms with Crippen LogP contribution >= 0.6 is 0 Å². The molecule has 6 N–H and O–H groups in total. The lowest BCUT2D eigenvalue weighted by atomic mass is 9.99. The molecule has 0 spiro atoms. The summed E-state index contributed by atoms with van der Waals surface area (Å²) in [5.74, 6) is -0.123. The van der Waals surface area contributed by atoms with Crippen LogP contribution in [0, 0.1) is 0 Å². The summed E-state index contributed by atoms with van der Waals surface area (Å²) in [7, 11) is 0. The fourth-order valence-corrected chi connectivity index (χ4v) is 2.85. The monoisotopic (exact) mass is 375 g/mol. The van der Waals surface area contributed by atoms with Crippen molar-refractivity contribution >= 4 is 5.91 Å². The Morgan fingerprint density at radius 1 is 0.926 bits per heavy atom. The van der Waals surface area contributed by atoms with Crippen molar-refractivity contribution in [1.29, 1.82) is 0 Å². The zero-order valence-electron chi connectivity index (χ0n) is 14.3. The Morgan fingerprint density at radius 3 is 2.00 bits per heavy atom. The molecule has 8 heteroatoms. The summed E-state index contributed by atoms with van der Waals surface area (Å²) in [5, 5.41) is 38.8. The normalized spacial score (nSPS) is 27.9. The van der Waals surface area contributed by atoms with Gasteiger partial charge in [-0.1, -0.05) is 24.3 Å². The molecule has 3 rings (SSSR count). The summed E-state index contributed by atoms with van der Waals surface area (Å²) < 4.78 is 10.9. The van der Waals surface area contributed by atoms with Gasteiger partial charge in [-0.05, 0) is 35.4 Å². The van der Waals surface area contributed by atoms with Gasteiger partial charge in [-0.2, -0.15) is 0 Å². The lowest BCUT2D eigenvalue weighted by Crippen LogP contribution is -2.60. The fourth-order valence-electron chi connectivity index (χ4n) is 2.85. The first-order valence-electron chi connectivity index (χ1n) is 8.38. The van der Waals surface area contributed by atoms with Crippen LogP contribution < -0.4 is 10.5 Å². The molecule has 2 aromatic carbocycles. The minimum Gasteiger partial charge on any atom is -0.462 e. The predicted octanol–water partition coefficient (Wildman–Crippen LogP) is -0.369. The highest BCUT2D eigenvalue weighted by Crippen LogP contribution is 2.27. The van der Waals surface area contributed by atoms with Crippen molar-refractivity contribution < 1.29 is 34.7 Å². The van der Waals surface area contributed by atoms with Gasteiger partial charge < -0.3 is 35.6 Å². The van der Waals surface area contributed by atoms with Crippen LogP contribution in [0.1, 0.15) is 10.4 Å². The minimum atomic E-state index is -1.50. The van der Waals surface area contributed by atoms with Crippen molar-refractivity contribution in [3.8, 4) is 16.9 Å². The third-order valence-electron chi connectivity index (χ3n) is 4.46. The third kappa shape index (κ3) is 4.10. The lowest BCUT2D eigenvalue weighted by molar-refractivity contribution is -0.277. The molecule has 5 atom stereocenters. The van der Waals surface area contributed by atoms with E-state index in [-0.39, 0.29) is 0 Å². The number of aliphatic hydroxyl groups is 4. The minimum absolute atomic E-state index is 0.372. The zero-order valence-corrected chi connectivity index (χ0v) is 14.3. The van der Waals surface area contributed by atoms with Crippen molar-refractivity contribution in [3.05, 3.63) is 54.1 Å². The standard InChI is InChI=1S/C19H21NO7/c20-18(25)12-3-1-10(2-4-12)11-5-7-13(8-6-11)26-19-17(24)16(23)15(22)14(9-21)27-19/h1-8,14-17,19,21-24H,9H2,(H2,20,25)/t14-,15-,16+,17+,19+/m1/s1. The number of nitrogens with two attached hydrogens (primary N) is 1. The Morgan fingerprint density at radius 2 is 1.48 bits per heavy atom. The molecule has 1 aliphatic rings. The van der Waals surface area contributed by atoms with Gasteiger partial charge in [0, 0.05) is 5.56 Å². The van der Waals surface area contributed by atoms with E-state index in [9.17, 15) is 25.2 Å². The van der Waals surface area contributed by atoms with Gasteiger partial charge in [0.1, 0.15) is 30.2 Å². The van der Waals surface area contributed by atoms with Crippen molar-refractivity contribution in [1.82, 2.24) is 0 Å². The molecule has 1 amide bonds. The van der Waals surface area contributed by atoms with Crippen molar-refractivity contribution in [2.24, 2.45) is 5.73 Å². The van der Waals surface area contributed by atoms with Gasteiger partial charge in [-0.15, -0.1) is 0 Å². The average molecular weight is 375 g/mol. The lowest BCUT2D eigenvalue weighted by Gasteiger charge is -2.39. The number of ether oxygens (including phenoxy) is 2. The summed E-state index contributed by atoms with van der Waals surface area (Å²) in [5.41, 5.74) is 7.38. The number of carbonyl (C=O) groups is 1. The summed E-state index contributed by atoms with van der Waals surface area (Å²) in [4.78, 5) is 11.1.